The third kappa shape index (κ3) is 3.15. The molecular formula is C21H16N4O. The lowest BCUT2D eigenvalue weighted by atomic mass is 10.0. The number of hydrogen-bond donors (Lipinski definition) is 1. The zero-order valence-electron chi connectivity index (χ0n) is 14.2. The fraction of sp³-hybridized carbons (Fsp3) is 0.0476. The summed E-state index contributed by atoms with van der Waals surface area (Å²) >= 11 is 0. The average Bonchev–Trinajstić information content (AvgIpc) is 2.68. The van der Waals surface area contributed by atoms with Crippen LogP contribution in [0.2, 0.25) is 0 Å². The molecule has 1 N–H and O–H groups in total. The van der Waals surface area contributed by atoms with Crippen LogP contribution in [0.3, 0.4) is 0 Å². The van der Waals surface area contributed by atoms with Crippen molar-refractivity contribution in [3.05, 3.63) is 84.3 Å². The molecule has 0 aliphatic carbocycles. The first-order chi connectivity index (χ1) is 12.7. The Morgan fingerprint density at radius 3 is 2.69 bits per heavy atom. The first-order valence-corrected chi connectivity index (χ1v) is 8.25. The molecule has 4 aromatic rings. The summed E-state index contributed by atoms with van der Waals surface area (Å²) in [4.78, 5) is 26.0. The zero-order valence-corrected chi connectivity index (χ0v) is 14.2. The third-order valence-electron chi connectivity index (χ3n) is 4.08. The van der Waals surface area contributed by atoms with E-state index in [0.717, 1.165) is 22.0 Å². The van der Waals surface area contributed by atoms with Gasteiger partial charge in [0, 0.05) is 29.5 Å². The van der Waals surface area contributed by atoms with E-state index in [-0.39, 0.29) is 5.91 Å². The van der Waals surface area contributed by atoms with E-state index in [9.17, 15) is 4.79 Å². The highest BCUT2D eigenvalue weighted by atomic mass is 16.1. The number of hydrogen-bond acceptors (Lipinski definition) is 4. The van der Waals surface area contributed by atoms with Crippen molar-refractivity contribution in [2.45, 2.75) is 6.92 Å². The number of nitrogens with one attached hydrogen (secondary N) is 1. The van der Waals surface area contributed by atoms with Gasteiger partial charge in [0.05, 0.1) is 16.8 Å². The van der Waals surface area contributed by atoms with Crippen LogP contribution in [-0.4, -0.2) is 20.9 Å². The molecule has 5 heteroatoms. The summed E-state index contributed by atoms with van der Waals surface area (Å²) in [5.74, 6) is 0.311. The lowest BCUT2D eigenvalue weighted by molar-refractivity contribution is 0.102. The molecular weight excluding hydrogens is 324 g/mol. The first-order valence-electron chi connectivity index (χ1n) is 8.25. The molecule has 0 fully saturated rings. The van der Waals surface area contributed by atoms with E-state index in [1.807, 2.05) is 55.5 Å². The number of carbonyl (C=O) groups excluding carboxylic acids is 1. The predicted octanol–water partition coefficient (Wildman–Crippen LogP) is 4.25. The van der Waals surface area contributed by atoms with Crippen LogP contribution in [0.5, 0.6) is 0 Å². The van der Waals surface area contributed by atoms with Crippen LogP contribution in [0.4, 0.5) is 5.82 Å². The predicted molar refractivity (Wildman–Crippen MR) is 102 cm³/mol. The van der Waals surface area contributed by atoms with Gasteiger partial charge in [-0.1, -0.05) is 18.2 Å². The minimum atomic E-state index is -0.216. The molecule has 0 unspecified atom stereocenters. The Kier molecular flexibility index (Phi) is 4.11. The Labute approximate surface area is 150 Å². The molecule has 0 radical (unpaired) electrons. The Morgan fingerprint density at radius 2 is 1.88 bits per heavy atom. The molecule has 0 aliphatic rings. The van der Waals surface area contributed by atoms with Gasteiger partial charge in [0.15, 0.2) is 0 Å². The van der Waals surface area contributed by atoms with E-state index in [2.05, 4.69) is 20.3 Å². The highest BCUT2D eigenvalue weighted by Crippen LogP contribution is 2.25. The summed E-state index contributed by atoms with van der Waals surface area (Å²) in [7, 11) is 0. The molecule has 0 saturated heterocycles. The Bertz CT molecular complexity index is 1090. The number of anilines is 1. The van der Waals surface area contributed by atoms with Gasteiger partial charge in [0.2, 0.25) is 0 Å². The zero-order chi connectivity index (χ0) is 17.9. The first kappa shape index (κ1) is 15.9. The summed E-state index contributed by atoms with van der Waals surface area (Å²) < 4.78 is 0. The van der Waals surface area contributed by atoms with Crippen molar-refractivity contribution >= 4 is 22.6 Å². The van der Waals surface area contributed by atoms with Crippen LogP contribution < -0.4 is 5.32 Å². The van der Waals surface area contributed by atoms with Crippen LogP contribution in [0, 0.1) is 6.92 Å². The molecule has 3 aromatic heterocycles. The number of pyridine rings is 3. The summed E-state index contributed by atoms with van der Waals surface area (Å²) in [5, 5.41) is 3.67. The molecule has 0 saturated carbocycles. The molecule has 1 amide bonds. The minimum Gasteiger partial charge on any atom is -0.307 e. The molecule has 0 aliphatic heterocycles. The van der Waals surface area contributed by atoms with Gasteiger partial charge in [-0.2, -0.15) is 0 Å². The molecule has 0 spiro atoms. The van der Waals surface area contributed by atoms with Crippen molar-refractivity contribution in [2.75, 3.05) is 5.32 Å². The number of aromatic nitrogens is 3. The lowest BCUT2D eigenvalue weighted by Crippen LogP contribution is -2.14. The number of amides is 1. The van der Waals surface area contributed by atoms with Crippen molar-refractivity contribution in [1.29, 1.82) is 0 Å². The number of para-hydroxylation sites is 1. The van der Waals surface area contributed by atoms with Crippen LogP contribution in [0.25, 0.3) is 22.2 Å². The average molecular weight is 340 g/mol. The van der Waals surface area contributed by atoms with Crippen LogP contribution in [0.1, 0.15) is 15.9 Å². The number of nitrogens with zero attached hydrogens (tertiary/aromatic N) is 3. The maximum Gasteiger partial charge on any atom is 0.257 e. The quantitative estimate of drug-likeness (QED) is 0.605. The van der Waals surface area contributed by atoms with Crippen LogP contribution in [0.15, 0.2) is 73.2 Å². The smallest absolute Gasteiger partial charge is 0.257 e. The number of aryl methyl sites for hydroxylation is 1. The topological polar surface area (TPSA) is 67.8 Å². The Balaban J connectivity index is 1.81. The second-order valence-corrected chi connectivity index (χ2v) is 5.99. The van der Waals surface area contributed by atoms with E-state index >= 15 is 0 Å². The van der Waals surface area contributed by atoms with Gasteiger partial charge in [-0.15, -0.1) is 0 Å². The van der Waals surface area contributed by atoms with E-state index in [4.69, 9.17) is 0 Å². The van der Waals surface area contributed by atoms with Crippen LogP contribution in [-0.2, 0) is 0 Å². The molecule has 4 rings (SSSR count). The fourth-order valence-electron chi connectivity index (χ4n) is 2.81. The maximum atomic E-state index is 12.9. The van der Waals surface area contributed by atoms with Crippen molar-refractivity contribution in [1.82, 2.24) is 15.0 Å². The number of carbonyl (C=O) groups is 1. The SMILES string of the molecule is Cc1ccnc(NC(=O)c2cc(-c3cccnc3)nc3ccccc23)c1. The largest absolute Gasteiger partial charge is 0.307 e. The molecule has 0 atom stereocenters. The Hall–Kier alpha value is -3.60. The monoisotopic (exact) mass is 340 g/mol. The number of rotatable bonds is 3. The third-order valence-corrected chi connectivity index (χ3v) is 4.08. The van der Waals surface area contributed by atoms with E-state index in [1.165, 1.54) is 0 Å². The molecule has 126 valence electrons. The standard InChI is InChI=1S/C21H16N4O/c1-14-8-10-23-20(11-14)25-21(26)17-12-19(15-5-4-9-22-13-15)24-18-7-3-2-6-16(17)18/h2-13H,1H3,(H,23,25,26). The molecule has 26 heavy (non-hydrogen) atoms. The van der Waals surface area contributed by atoms with Gasteiger partial charge in [-0.05, 0) is 48.9 Å². The second kappa shape index (κ2) is 6.72. The summed E-state index contributed by atoms with van der Waals surface area (Å²) in [6.07, 6.45) is 5.12. The Morgan fingerprint density at radius 1 is 1.00 bits per heavy atom. The molecule has 1 aromatic carbocycles. The van der Waals surface area contributed by atoms with Crippen molar-refractivity contribution in [3.8, 4) is 11.3 Å². The van der Waals surface area contributed by atoms with Gasteiger partial charge in [-0.3, -0.25) is 9.78 Å². The summed E-state index contributed by atoms with van der Waals surface area (Å²) in [6, 6.07) is 16.9. The molecule has 0 bridgehead atoms. The van der Waals surface area contributed by atoms with Crippen molar-refractivity contribution in [3.63, 3.8) is 0 Å². The second-order valence-electron chi connectivity index (χ2n) is 5.99. The normalized spacial score (nSPS) is 10.7. The van der Waals surface area contributed by atoms with Gasteiger partial charge in [0.25, 0.3) is 5.91 Å². The van der Waals surface area contributed by atoms with E-state index in [0.29, 0.717) is 17.1 Å². The van der Waals surface area contributed by atoms with E-state index < -0.39 is 0 Å². The lowest BCUT2D eigenvalue weighted by Gasteiger charge is -2.10. The number of benzene rings is 1. The van der Waals surface area contributed by atoms with Gasteiger partial charge >= 0.3 is 0 Å². The number of fused-ring (bicyclic) bond motifs is 1. The molecule has 5 nitrogen and oxygen atoms in total. The van der Waals surface area contributed by atoms with Crippen LogP contribution >= 0.6 is 0 Å². The summed E-state index contributed by atoms with van der Waals surface area (Å²) in [5.41, 5.74) is 3.92. The van der Waals surface area contributed by atoms with E-state index in [1.54, 1.807) is 24.7 Å². The minimum absolute atomic E-state index is 0.216. The van der Waals surface area contributed by atoms with Crippen molar-refractivity contribution < 1.29 is 4.79 Å². The summed E-state index contributed by atoms with van der Waals surface area (Å²) in [6.45, 7) is 1.96. The highest BCUT2D eigenvalue weighted by Gasteiger charge is 2.14. The van der Waals surface area contributed by atoms with Gasteiger partial charge < -0.3 is 5.32 Å². The fourth-order valence-corrected chi connectivity index (χ4v) is 2.81. The van der Waals surface area contributed by atoms with Crippen molar-refractivity contribution in [2.24, 2.45) is 0 Å². The highest BCUT2D eigenvalue weighted by molar-refractivity contribution is 6.12. The maximum absolute atomic E-state index is 12.9. The van der Waals surface area contributed by atoms with Gasteiger partial charge in [-0.25, -0.2) is 9.97 Å². The molecule has 3 heterocycles. The van der Waals surface area contributed by atoms with Gasteiger partial charge in [0.1, 0.15) is 5.82 Å².